The molecule has 0 saturated carbocycles. The number of ether oxygens (including phenoxy) is 1. The van der Waals surface area contributed by atoms with Crippen molar-refractivity contribution < 1.29 is 19.4 Å². The summed E-state index contributed by atoms with van der Waals surface area (Å²) in [6, 6.07) is 13.5. The molecule has 2 aromatic carbocycles. The zero-order chi connectivity index (χ0) is 21.9. The number of rotatable bonds is 9. The van der Waals surface area contributed by atoms with Crippen LogP contribution in [-0.4, -0.2) is 30.1 Å². The Bertz CT molecular complexity index is 965. The van der Waals surface area contributed by atoms with Crippen LogP contribution >= 0.6 is 11.6 Å². The van der Waals surface area contributed by atoms with Gasteiger partial charge < -0.3 is 20.5 Å². The summed E-state index contributed by atoms with van der Waals surface area (Å²) in [5.41, 5.74) is 0.922. The van der Waals surface area contributed by atoms with Crippen molar-refractivity contribution in [1.29, 1.82) is 0 Å². The second-order valence-corrected chi connectivity index (χ2v) is 6.44. The van der Waals surface area contributed by atoms with Crippen molar-refractivity contribution in [1.82, 2.24) is 10.6 Å². The summed E-state index contributed by atoms with van der Waals surface area (Å²) in [7, 11) is 0. The van der Waals surface area contributed by atoms with Crippen molar-refractivity contribution in [2.24, 2.45) is 0 Å². The Hall–Kier alpha value is -3.35. The van der Waals surface area contributed by atoms with E-state index in [9.17, 15) is 9.59 Å². The Balaban J connectivity index is 2.26. The highest BCUT2D eigenvalue weighted by Crippen LogP contribution is 2.18. The van der Waals surface area contributed by atoms with E-state index >= 15 is 0 Å². The summed E-state index contributed by atoms with van der Waals surface area (Å²) in [4.78, 5) is 25.1. The molecule has 7 heteroatoms. The van der Waals surface area contributed by atoms with Gasteiger partial charge in [-0.25, -0.2) is 0 Å². The molecule has 0 aliphatic rings. The standard InChI is InChI=1S/C23H23ClN2O4/c1-3-17(4-2)30-18-11-9-16(10-12-18)15-21(23(29)25-13-14-27)26-22(28)19-7-5-6-8-20(19)24/h3-12,15,27H,1,13-14H2,2H3,(H,25,29)(H,26,28)/b17-4-,21-15-. The second-order valence-electron chi connectivity index (χ2n) is 6.04. The normalized spacial score (nSPS) is 11.6. The minimum Gasteiger partial charge on any atom is -0.458 e. The van der Waals surface area contributed by atoms with Gasteiger partial charge in [-0.15, -0.1) is 0 Å². The number of aliphatic hydroxyl groups is 1. The van der Waals surface area contributed by atoms with Crippen LogP contribution in [0.4, 0.5) is 0 Å². The van der Waals surface area contributed by atoms with Gasteiger partial charge in [0.1, 0.15) is 17.2 Å². The van der Waals surface area contributed by atoms with E-state index in [1.165, 1.54) is 6.08 Å². The van der Waals surface area contributed by atoms with Crippen LogP contribution in [0.25, 0.3) is 6.08 Å². The molecule has 0 atom stereocenters. The van der Waals surface area contributed by atoms with Gasteiger partial charge in [-0.05, 0) is 55.0 Å². The first-order chi connectivity index (χ1) is 14.5. The third-order valence-electron chi connectivity index (χ3n) is 3.92. The number of carbonyl (C=O) groups excluding carboxylic acids is 2. The molecule has 3 N–H and O–H groups in total. The molecule has 156 valence electrons. The molecule has 0 saturated heterocycles. The number of amides is 2. The van der Waals surface area contributed by atoms with Gasteiger partial charge in [0, 0.05) is 6.54 Å². The lowest BCUT2D eigenvalue weighted by Gasteiger charge is -2.12. The average Bonchev–Trinajstić information content (AvgIpc) is 2.76. The number of benzene rings is 2. The largest absolute Gasteiger partial charge is 0.458 e. The Labute approximate surface area is 180 Å². The van der Waals surface area contributed by atoms with Gasteiger partial charge in [-0.1, -0.05) is 42.4 Å². The van der Waals surface area contributed by atoms with Gasteiger partial charge in [-0.3, -0.25) is 9.59 Å². The molecule has 30 heavy (non-hydrogen) atoms. The maximum absolute atomic E-state index is 12.6. The molecule has 0 fully saturated rings. The van der Waals surface area contributed by atoms with Crippen molar-refractivity contribution in [3.8, 4) is 5.75 Å². The maximum Gasteiger partial charge on any atom is 0.267 e. The topological polar surface area (TPSA) is 87.7 Å². The fraction of sp³-hybridized carbons (Fsp3) is 0.130. The van der Waals surface area contributed by atoms with Crippen LogP contribution in [0.2, 0.25) is 5.02 Å². The minimum absolute atomic E-state index is 0.0160. The van der Waals surface area contributed by atoms with E-state index in [-0.39, 0.29) is 29.4 Å². The quantitative estimate of drug-likeness (QED) is 0.324. The third-order valence-corrected chi connectivity index (χ3v) is 4.25. The summed E-state index contributed by atoms with van der Waals surface area (Å²) >= 11 is 6.07. The van der Waals surface area contributed by atoms with Gasteiger partial charge in [0.25, 0.3) is 11.8 Å². The monoisotopic (exact) mass is 426 g/mol. The van der Waals surface area contributed by atoms with Gasteiger partial charge in [0.05, 0.1) is 17.2 Å². The first kappa shape index (κ1) is 22.9. The Morgan fingerprint density at radius 3 is 2.47 bits per heavy atom. The maximum atomic E-state index is 12.6. The Kier molecular flexibility index (Phi) is 8.87. The highest BCUT2D eigenvalue weighted by atomic mass is 35.5. The van der Waals surface area contributed by atoms with Crippen molar-refractivity contribution in [2.45, 2.75) is 6.92 Å². The van der Waals surface area contributed by atoms with E-state index in [1.807, 2.05) is 6.92 Å². The van der Waals surface area contributed by atoms with Gasteiger partial charge in [0.2, 0.25) is 0 Å². The van der Waals surface area contributed by atoms with E-state index in [4.69, 9.17) is 21.4 Å². The molecule has 0 aliphatic heterocycles. The molecule has 0 spiro atoms. The molecule has 2 aromatic rings. The first-order valence-electron chi connectivity index (χ1n) is 9.21. The number of aliphatic hydroxyl groups excluding tert-OH is 1. The predicted molar refractivity (Wildman–Crippen MR) is 118 cm³/mol. The lowest BCUT2D eigenvalue weighted by Crippen LogP contribution is -2.36. The number of allylic oxidation sites excluding steroid dienone is 2. The molecule has 0 bridgehead atoms. The zero-order valence-corrected chi connectivity index (χ0v) is 17.3. The number of halogens is 1. The molecule has 0 aromatic heterocycles. The van der Waals surface area contributed by atoms with E-state index in [1.54, 1.807) is 60.7 Å². The van der Waals surface area contributed by atoms with Gasteiger partial charge in [0.15, 0.2) is 0 Å². The smallest absolute Gasteiger partial charge is 0.267 e. The van der Waals surface area contributed by atoms with Crippen LogP contribution in [-0.2, 0) is 4.79 Å². The lowest BCUT2D eigenvalue weighted by atomic mass is 10.1. The molecule has 6 nitrogen and oxygen atoms in total. The van der Waals surface area contributed by atoms with Crippen LogP contribution in [0.5, 0.6) is 5.75 Å². The molecular weight excluding hydrogens is 404 g/mol. The van der Waals surface area contributed by atoms with Crippen molar-refractivity contribution in [3.05, 3.63) is 94.9 Å². The number of hydrogen-bond acceptors (Lipinski definition) is 4. The molecule has 0 heterocycles. The first-order valence-corrected chi connectivity index (χ1v) is 9.59. The number of nitrogens with one attached hydrogen (secondary N) is 2. The van der Waals surface area contributed by atoms with Crippen LogP contribution in [0, 0.1) is 0 Å². The minimum atomic E-state index is -0.535. The number of carbonyl (C=O) groups is 2. The van der Waals surface area contributed by atoms with Crippen molar-refractivity contribution >= 4 is 29.5 Å². The fourth-order valence-corrected chi connectivity index (χ4v) is 2.63. The molecular formula is C23H23ClN2O4. The highest BCUT2D eigenvalue weighted by Gasteiger charge is 2.16. The summed E-state index contributed by atoms with van der Waals surface area (Å²) in [6.45, 7) is 5.35. The molecule has 0 radical (unpaired) electrons. The van der Waals surface area contributed by atoms with E-state index in [2.05, 4.69) is 17.2 Å². The molecule has 0 unspecified atom stereocenters. The SMILES string of the molecule is C=C/C(=C/C)Oc1ccc(/C=C(\NC(=O)c2ccccc2Cl)C(=O)NCCO)cc1. The summed E-state index contributed by atoms with van der Waals surface area (Å²) in [6.07, 6.45) is 4.91. The van der Waals surface area contributed by atoms with E-state index < -0.39 is 11.8 Å². The molecule has 0 aliphatic carbocycles. The number of hydrogen-bond donors (Lipinski definition) is 3. The van der Waals surface area contributed by atoms with E-state index in [0.717, 1.165) is 0 Å². The summed E-state index contributed by atoms with van der Waals surface area (Å²) in [5.74, 6) is 0.170. The van der Waals surface area contributed by atoms with Crippen molar-refractivity contribution in [2.75, 3.05) is 13.2 Å². The van der Waals surface area contributed by atoms with E-state index in [0.29, 0.717) is 17.1 Å². The summed E-state index contributed by atoms with van der Waals surface area (Å²) in [5, 5.41) is 14.3. The van der Waals surface area contributed by atoms with Gasteiger partial charge in [-0.2, -0.15) is 0 Å². The van der Waals surface area contributed by atoms with Crippen LogP contribution in [0.1, 0.15) is 22.8 Å². The third kappa shape index (κ3) is 6.62. The molecule has 2 rings (SSSR count). The van der Waals surface area contributed by atoms with Crippen LogP contribution in [0.15, 0.2) is 78.7 Å². The molecule has 2 amide bonds. The zero-order valence-electron chi connectivity index (χ0n) is 16.5. The Morgan fingerprint density at radius 1 is 1.17 bits per heavy atom. The van der Waals surface area contributed by atoms with Crippen molar-refractivity contribution in [3.63, 3.8) is 0 Å². The van der Waals surface area contributed by atoms with Gasteiger partial charge >= 0.3 is 0 Å². The lowest BCUT2D eigenvalue weighted by molar-refractivity contribution is -0.117. The average molecular weight is 427 g/mol. The fourth-order valence-electron chi connectivity index (χ4n) is 2.41. The highest BCUT2D eigenvalue weighted by molar-refractivity contribution is 6.34. The van der Waals surface area contributed by atoms with Crippen LogP contribution < -0.4 is 15.4 Å². The second kappa shape index (κ2) is 11.6. The Morgan fingerprint density at radius 2 is 1.87 bits per heavy atom. The van der Waals surface area contributed by atoms with Crippen LogP contribution in [0.3, 0.4) is 0 Å². The summed E-state index contributed by atoms with van der Waals surface area (Å²) < 4.78 is 5.64. The predicted octanol–water partition coefficient (Wildman–Crippen LogP) is 3.69.